The molecule has 2 aromatic heterocycles. The van der Waals surface area contributed by atoms with Crippen molar-refractivity contribution in [2.45, 2.75) is 19.9 Å². The fourth-order valence-corrected chi connectivity index (χ4v) is 3.99. The minimum atomic E-state index is -0.644. The van der Waals surface area contributed by atoms with Gasteiger partial charge in [0, 0.05) is 6.20 Å². The third-order valence-electron chi connectivity index (χ3n) is 5.43. The molecule has 5 rings (SSSR count). The Bertz CT molecular complexity index is 1340. The molecule has 4 aromatic rings. The van der Waals surface area contributed by atoms with E-state index in [1.807, 2.05) is 44.2 Å². The highest BCUT2D eigenvalue weighted by atomic mass is 16.5. The highest BCUT2D eigenvalue weighted by Crippen LogP contribution is 2.40. The summed E-state index contributed by atoms with van der Waals surface area (Å²) in [6, 6.07) is 17.4. The fraction of sp³-hybridized carbons (Fsp3) is 0.160. The van der Waals surface area contributed by atoms with Crippen LogP contribution in [0.5, 0.6) is 5.75 Å². The highest BCUT2D eigenvalue weighted by Gasteiger charge is 2.44. The summed E-state index contributed by atoms with van der Waals surface area (Å²) in [5.74, 6) is 0.865. The second-order valence-electron chi connectivity index (χ2n) is 7.44. The lowest BCUT2D eigenvalue weighted by atomic mass is 9.98. The third kappa shape index (κ3) is 3.08. The van der Waals surface area contributed by atoms with Gasteiger partial charge in [-0.2, -0.15) is 0 Å². The Hall–Kier alpha value is -3.93. The average Bonchev–Trinajstić information content (AvgIpc) is 3.08. The van der Waals surface area contributed by atoms with Crippen LogP contribution in [0.3, 0.4) is 0 Å². The zero-order valence-electron chi connectivity index (χ0n) is 17.2. The summed E-state index contributed by atoms with van der Waals surface area (Å²) < 4.78 is 11.5. The second kappa shape index (κ2) is 7.40. The zero-order valence-corrected chi connectivity index (χ0v) is 17.2. The number of rotatable bonds is 4. The molecule has 0 N–H and O–H groups in total. The molecular formula is C25H20N2O4. The van der Waals surface area contributed by atoms with Gasteiger partial charge in [-0.15, -0.1) is 0 Å². The number of para-hydroxylation sites is 1. The fourth-order valence-electron chi connectivity index (χ4n) is 3.99. The lowest BCUT2D eigenvalue weighted by molar-refractivity contribution is 0.0970. The van der Waals surface area contributed by atoms with Crippen molar-refractivity contribution in [3.8, 4) is 5.75 Å². The van der Waals surface area contributed by atoms with Gasteiger partial charge in [-0.25, -0.2) is 4.98 Å². The van der Waals surface area contributed by atoms with Crippen LogP contribution < -0.4 is 15.1 Å². The van der Waals surface area contributed by atoms with E-state index in [-0.39, 0.29) is 17.1 Å². The molecule has 3 heterocycles. The Morgan fingerprint density at radius 2 is 1.81 bits per heavy atom. The maximum atomic E-state index is 13.5. The molecule has 0 unspecified atom stereocenters. The normalized spacial score (nSPS) is 15.4. The molecule has 6 heteroatoms. The van der Waals surface area contributed by atoms with Gasteiger partial charge in [0.25, 0.3) is 5.91 Å². The summed E-state index contributed by atoms with van der Waals surface area (Å²) in [5, 5.41) is 0.448. The van der Waals surface area contributed by atoms with Crippen molar-refractivity contribution in [3.05, 3.63) is 99.5 Å². The number of amides is 1. The number of carbonyl (C=O) groups excluding carboxylic acids is 1. The van der Waals surface area contributed by atoms with E-state index in [4.69, 9.17) is 9.15 Å². The Morgan fingerprint density at radius 3 is 2.52 bits per heavy atom. The van der Waals surface area contributed by atoms with Crippen molar-refractivity contribution in [2.24, 2.45) is 0 Å². The molecule has 31 heavy (non-hydrogen) atoms. The van der Waals surface area contributed by atoms with Crippen LogP contribution in [-0.4, -0.2) is 17.5 Å². The number of aromatic nitrogens is 1. The molecule has 0 saturated heterocycles. The Kier molecular flexibility index (Phi) is 4.55. The van der Waals surface area contributed by atoms with Crippen LogP contribution in [0.2, 0.25) is 0 Å². The van der Waals surface area contributed by atoms with Gasteiger partial charge < -0.3 is 9.15 Å². The second-order valence-corrected chi connectivity index (χ2v) is 7.44. The first kappa shape index (κ1) is 19.1. The molecule has 1 amide bonds. The average molecular weight is 412 g/mol. The van der Waals surface area contributed by atoms with Crippen LogP contribution in [-0.2, 0) is 0 Å². The molecule has 0 aliphatic carbocycles. The topological polar surface area (TPSA) is 72.6 Å². The molecule has 0 spiro atoms. The number of ether oxygens (including phenoxy) is 1. The first-order chi connectivity index (χ1) is 15.1. The van der Waals surface area contributed by atoms with Crippen LogP contribution in [0.4, 0.5) is 5.82 Å². The molecule has 0 saturated carbocycles. The van der Waals surface area contributed by atoms with E-state index >= 15 is 0 Å². The summed E-state index contributed by atoms with van der Waals surface area (Å²) in [6.07, 6.45) is 1.70. The SMILES string of the molecule is CCOc1ccc([C@@H]2c3c(oc4ccccc4c3=O)C(=O)N2c2ccc(C)cn2)cc1. The van der Waals surface area contributed by atoms with Gasteiger partial charge in [0.1, 0.15) is 17.2 Å². The smallest absolute Gasteiger partial charge is 0.296 e. The Labute approximate surface area is 178 Å². The molecular weight excluding hydrogens is 392 g/mol. The summed E-state index contributed by atoms with van der Waals surface area (Å²) in [7, 11) is 0. The summed E-state index contributed by atoms with van der Waals surface area (Å²) >= 11 is 0. The van der Waals surface area contributed by atoms with Crippen LogP contribution in [0.15, 0.2) is 76.1 Å². The van der Waals surface area contributed by atoms with Gasteiger partial charge >= 0.3 is 0 Å². The van der Waals surface area contributed by atoms with Gasteiger partial charge in [-0.1, -0.05) is 30.3 Å². The van der Waals surface area contributed by atoms with Crippen molar-refractivity contribution in [1.82, 2.24) is 4.98 Å². The third-order valence-corrected chi connectivity index (χ3v) is 5.43. The van der Waals surface area contributed by atoms with Crippen LogP contribution >= 0.6 is 0 Å². The minimum Gasteiger partial charge on any atom is -0.494 e. The van der Waals surface area contributed by atoms with Crippen LogP contribution in [0, 0.1) is 6.92 Å². The predicted octanol–water partition coefficient (Wildman–Crippen LogP) is 4.64. The molecule has 0 fully saturated rings. The van der Waals surface area contributed by atoms with Crippen LogP contribution in [0.1, 0.15) is 40.2 Å². The van der Waals surface area contributed by atoms with Gasteiger partial charge in [0.05, 0.1) is 23.6 Å². The van der Waals surface area contributed by atoms with Crippen molar-refractivity contribution in [2.75, 3.05) is 11.5 Å². The first-order valence-electron chi connectivity index (χ1n) is 10.1. The monoisotopic (exact) mass is 412 g/mol. The number of fused-ring (bicyclic) bond motifs is 2. The molecule has 1 aliphatic rings. The number of benzene rings is 2. The van der Waals surface area contributed by atoms with Crippen molar-refractivity contribution < 1.29 is 13.9 Å². The van der Waals surface area contributed by atoms with Crippen molar-refractivity contribution >= 4 is 22.7 Å². The Balaban J connectivity index is 1.75. The molecule has 1 atom stereocenters. The van der Waals surface area contributed by atoms with Gasteiger partial charge in [0.15, 0.2) is 5.43 Å². The van der Waals surface area contributed by atoms with E-state index in [0.29, 0.717) is 29.0 Å². The number of hydrogen-bond donors (Lipinski definition) is 0. The van der Waals surface area contributed by atoms with Crippen molar-refractivity contribution in [1.29, 1.82) is 0 Å². The Morgan fingerprint density at radius 1 is 1.03 bits per heavy atom. The quantitative estimate of drug-likeness (QED) is 0.488. The van der Waals surface area contributed by atoms with E-state index in [0.717, 1.165) is 16.9 Å². The zero-order chi connectivity index (χ0) is 21.5. The summed E-state index contributed by atoms with van der Waals surface area (Å²) in [6.45, 7) is 4.40. The number of hydrogen-bond acceptors (Lipinski definition) is 5. The lowest BCUT2D eigenvalue weighted by Crippen LogP contribution is -2.30. The van der Waals surface area contributed by atoms with E-state index in [1.54, 1.807) is 36.5 Å². The highest BCUT2D eigenvalue weighted by molar-refractivity contribution is 6.10. The lowest BCUT2D eigenvalue weighted by Gasteiger charge is -2.24. The number of pyridine rings is 1. The molecule has 0 radical (unpaired) electrons. The van der Waals surface area contributed by atoms with Gasteiger partial charge in [-0.05, 0) is 55.3 Å². The van der Waals surface area contributed by atoms with E-state index in [1.165, 1.54) is 4.90 Å². The minimum absolute atomic E-state index is 0.0601. The number of carbonyl (C=O) groups is 1. The number of anilines is 1. The number of aryl methyl sites for hydroxylation is 1. The predicted molar refractivity (Wildman–Crippen MR) is 118 cm³/mol. The first-order valence-corrected chi connectivity index (χ1v) is 10.1. The largest absolute Gasteiger partial charge is 0.494 e. The molecule has 2 aromatic carbocycles. The van der Waals surface area contributed by atoms with Gasteiger partial charge in [-0.3, -0.25) is 14.5 Å². The molecule has 154 valence electrons. The van der Waals surface area contributed by atoms with E-state index < -0.39 is 6.04 Å². The summed E-state index contributed by atoms with van der Waals surface area (Å²) in [4.78, 5) is 32.9. The maximum Gasteiger partial charge on any atom is 0.296 e. The van der Waals surface area contributed by atoms with Crippen molar-refractivity contribution in [3.63, 3.8) is 0 Å². The number of nitrogens with zero attached hydrogens (tertiary/aromatic N) is 2. The molecule has 6 nitrogen and oxygen atoms in total. The van der Waals surface area contributed by atoms with E-state index in [2.05, 4.69) is 4.98 Å². The molecule has 1 aliphatic heterocycles. The van der Waals surface area contributed by atoms with E-state index in [9.17, 15) is 9.59 Å². The standard InChI is InChI=1S/C25H20N2O4/c1-3-30-17-11-9-16(10-12-17)22-21-23(28)18-6-4-5-7-19(18)31-24(21)25(29)27(22)20-13-8-15(2)14-26-20/h4-14,22H,3H2,1-2H3/t22-/m1/s1. The molecule has 0 bridgehead atoms. The maximum absolute atomic E-state index is 13.5. The van der Waals surface area contributed by atoms with Gasteiger partial charge in [0.2, 0.25) is 5.76 Å². The summed E-state index contributed by atoms with van der Waals surface area (Å²) in [5.41, 5.74) is 2.27. The van der Waals surface area contributed by atoms with Crippen LogP contribution in [0.25, 0.3) is 11.0 Å².